The van der Waals surface area contributed by atoms with E-state index >= 15 is 0 Å². The van der Waals surface area contributed by atoms with Crippen molar-refractivity contribution in [2.45, 2.75) is 32.0 Å². The van der Waals surface area contributed by atoms with Gasteiger partial charge in [0.1, 0.15) is 6.10 Å². The van der Waals surface area contributed by atoms with Crippen LogP contribution in [0.1, 0.15) is 24.0 Å². The molecule has 4 heterocycles. The number of benzene rings is 1. The zero-order valence-corrected chi connectivity index (χ0v) is 13.9. The Balaban J connectivity index is 1.49. The monoisotopic (exact) mass is 336 g/mol. The van der Waals surface area contributed by atoms with Crippen LogP contribution in [-0.4, -0.2) is 33.9 Å². The van der Waals surface area contributed by atoms with E-state index in [0.29, 0.717) is 5.88 Å². The van der Waals surface area contributed by atoms with Gasteiger partial charge >= 0.3 is 0 Å². The molecule has 6 nitrogen and oxygen atoms in total. The number of ether oxygens (including phenoxy) is 2. The fraction of sp³-hybridized carbons (Fsp3) is 0.368. The molecule has 2 aromatic heterocycles. The minimum absolute atomic E-state index is 0.178. The molecule has 0 bridgehead atoms. The Morgan fingerprint density at radius 3 is 2.88 bits per heavy atom. The fourth-order valence-corrected chi connectivity index (χ4v) is 3.53. The van der Waals surface area contributed by atoms with Crippen LogP contribution in [0.3, 0.4) is 0 Å². The molecule has 0 spiro atoms. The third-order valence-electron chi connectivity index (χ3n) is 4.93. The summed E-state index contributed by atoms with van der Waals surface area (Å²) in [5.41, 5.74) is 5.66. The lowest BCUT2D eigenvalue weighted by atomic mass is 10.0. The van der Waals surface area contributed by atoms with Crippen molar-refractivity contribution in [1.82, 2.24) is 19.9 Å². The summed E-state index contributed by atoms with van der Waals surface area (Å²) in [5, 5.41) is 8.06. The first-order valence-electron chi connectivity index (χ1n) is 8.79. The molecule has 1 fully saturated rings. The van der Waals surface area contributed by atoms with Gasteiger partial charge in [-0.05, 0) is 23.3 Å². The van der Waals surface area contributed by atoms with Gasteiger partial charge in [-0.15, -0.1) is 5.10 Å². The van der Waals surface area contributed by atoms with Gasteiger partial charge in [0.25, 0.3) is 0 Å². The zero-order valence-electron chi connectivity index (χ0n) is 13.9. The molecule has 1 saturated heterocycles. The highest BCUT2D eigenvalue weighted by molar-refractivity contribution is 5.64. The number of fused-ring (bicyclic) bond motifs is 2. The van der Waals surface area contributed by atoms with Gasteiger partial charge in [0.15, 0.2) is 5.65 Å². The zero-order chi connectivity index (χ0) is 16.6. The summed E-state index contributed by atoms with van der Waals surface area (Å²) in [6.45, 7) is 3.38. The summed E-state index contributed by atoms with van der Waals surface area (Å²) in [6.07, 6.45) is 3.88. The van der Waals surface area contributed by atoms with E-state index in [0.717, 1.165) is 56.0 Å². The Bertz CT molecular complexity index is 915. The van der Waals surface area contributed by atoms with Gasteiger partial charge in [-0.2, -0.15) is 0 Å². The molecule has 6 heteroatoms. The van der Waals surface area contributed by atoms with Gasteiger partial charge in [0.05, 0.1) is 25.1 Å². The molecule has 0 amide bonds. The molecule has 0 aliphatic carbocycles. The Morgan fingerprint density at radius 1 is 1.08 bits per heavy atom. The molecule has 2 aliphatic rings. The van der Waals surface area contributed by atoms with Crippen molar-refractivity contribution in [3.8, 4) is 17.1 Å². The van der Waals surface area contributed by atoms with Crippen LogP contribution >= 0.6 is 0 Å². The van der Waals surface area contributed by atoms with E-state index in [9.17, 15) is 0 Å². The summed E-state index contributed by atoms with van der Waals surface area (Å²) in [5.74, 6) is 0.640. The van der Waals surface area contributed by atoms with E-state index in [-0.39, 0.29) is 6.10 Å². The average Bonchev–Trinajstić information content (AvgIpc) is 3.28. The third kappa shape index (κ3) is 2.77. The molecule has 128 valence electrons. The minimum atomic E-state index is 0.178. The number of nitrogens with one attached hydrogen (secondary N) is 1. The van der Waals surface area contributed by atoms with E-state index in [1.54, 1.807) is 0 Å². The molecule has 0 radical (unpaired) electrons. The van der Waals surface area contributed by atoms with Crippen LogP contribution in [0.2, 0.25) is 0 Å². The van der Waals surface area contributed by atoms with E-state index < -0.39 is 0 Å². The number of nitrogens with zero attached hydrogens (tertiary/aromatic N) is 3. The molecule has 5 rings (SSSR count). The SMILES string of the molecule is c1cc2c(cc1-c1cnc3ccc(OC4CCOCC4)nn13)CNC2. The first kappa shape index (κ1) is 14.9. The molecule has 1 N–H and O–H groups in total. The number of aromatic nitrogens is 3. The lowest BCUT2D eigenvalue weighted by Crippen LogP contribution is -2.26. The van der Waals surface area contributed by atoms with E-state index in [4.69, 9.17) is 9.47 Å². The summed E-state index contributed by atoms with van der Waals surface area (Å²) in [6, 6.07) is 10.4. The normalized spacial score (nSPS) is 17.8. The van der Waals surface area contributed by atoms with Crippen molar-refractivity contribution < 1.29 is 9.47 Å². The van der Waals surface area contributed by atoms with E-state index in [1.807, 2.05) is 22.8 Å². The molecule has 2 aliphatic heterocycles. The summed E-state index contributed by atoms with van der Waals surface area (Å²) < 4.78 is 13.3. The van der Waals surface area contributed by atoms with Crippen LogP contribution in [-0.2, 0) is 17.8 Å². The van der Waals surface area contributed by atoms with Crippen LogP contribution < -0.4 is 10.1 Å². The third-order valence-corrected chi connectivity index (χ3v) is 4.93. The highest BCUT2D eigenvalue weighted by Gasteiger charge is 2.17. The van der Waals surface area contributed by atoms with Gasteiger partial charge in [-0.1, -0.05) is 12.1 Å². The second-order valence-electron chi connectivity index (χ2n) is 6.60. The van der Waals surface area contributed by atoms with Crippen LogP contribution in [0, 0.1) is 0 Å². The van der Waals surface area contributed by atoms with Gasteiger partial charge in [-0.3, -0.25) is 0 Å². The topological polar surface area (TPSA) is 60.7 Å². The molecule has 25 heavy (non-hydrogen) atoms. The number of rotatable bonds is 3. The molecule has 0 unspecified atom stereocenters. The quantitative estimate of drug-likeness (QED) is 0.796. The van der Waals surface area contributed by atoms with Crippen molar-refractivity contribution in [3.63, 3.8) is 0 Å². The lowest BCUT2D eigenvalue weighted by molar-refractivity contribution is 0.0232. The van der Waals surface area contributed by atoms with E-state index in [2.05, 4.69) is 33.6 Å². The number of hydrogen-bond acceptors (Lipinski definition) is 5. The predicted octanol–water partition coefficient (Wildman–Crippen LogP) is 2.56. The van der Waals surface area contributed by atoms with Crippen molar-refractivity contribution in [3.05, 3.63) is 47.7 Å². The summed E-state index contributed by atoms with van der Waals surface area (Å²) in [7, 11) is 0. The fourth-order valence-electron chi connectivity index (χ4n) is 3.53. The highest BCUT2D eigenvalue weighted by Crippen LogP contribution is 2.26. The van der Waals surface area contributed by atoms with Crippen molar-refractivity contribution in [2.24, 2.45) is 0 Å². The van der Waals surface area contributed by atoms with Gasteiger partial charge in [0, 0.05) is 37.6 Å². The summed E-state index contributed by atoms with van der Waals surface area (Å²) in [4.78, 5) is 4.49. The Hall–Kier alpha value is -2.44. The second-order valence-corrected chi connectivity index (χ2v) is 6.60. The van der Waals surface area contributed by atoms with Gasteiger partial charge in [0.2, 0.25) is 5.88 Å². The molecule has 0 saturated carbocycles. The average molecular weight is 336 g/mol. The Morgan fingerprint density at radius 2 is 1.96 bits per heavy atom. The number of hydrogen-bond donors (Lipinski definition) is 1. The van der Waals surface area contributed by atoms with Gasteiger partial charge < -0.3 is 14.8 Å². The Kier molecular flexibility index (Phi) is 3.64. The first-order valence-corrected chi connectivity index (χ1v) is 8.79. The molecular formula is C19H20N4O2. The van der Waals surface area contributed by atoms with Crippen LogP contribution in [0.4, 0.5) is 0 Å². The van der Waals surface area contributed by atoms with Crippen LogP contribution in [0.25, 0.3) is 16.9 Å². The van der Waals surface area contributed by atoms with Crippen molar-refractivity contribution in [2.75, 3.05) is 13.2 Å². The van der Waals surface area contributed by atoms with Crippen LogP contribution in [0.15, 0.2) is 36.5 Å². The first-order chi connectivity index (χ1) is 12.4. The number of imidazole rings is 1. The maximum Gasteiger partial charge on any atom is 0.232 e. The van der Waals surface area contributed by atoms with Gasteiger partial charge in [-0.25, -0.2) is 9.50 Å². The molecule has 0 atom stereocenters. The lowest BCUT2D eigenvalue weighted by Gasteiger charge is -2.22. The van der Waals surface area contributed by atoms with Crippen LogP contribution in [0.5, 0.6) is 5.88 Å². The molecule has 3 aromatic rings. The van der Waals surface area contributed by atoms with Crippen molar-refractivity contribution >= 4 is 5.65 Å². The predicted molar refractivity (Wildman–Crippen MR) is 93.4 cm³/mol. The largest absolute Gasteiger partial charge is 0.473 e. The van der Waals surface area contributed by atoms with Crippen molar-refractivity contribution in [1.29, 1.82) is 0 Å². The van der Waals surface area contributed by atoms with E-state index in [1.165, 1.54) is 11.1 Å². The second kappa shape index (κ2) is 6.13. The molecule has 1 aromatic carbocycles. The standard InChI is InChI=1S/C19H20N4O2/c1-2-14-10-20-11-15(14)9-13(1)17-12-21-18-3-4-19(22-23(17)18)25-16-5-7-24-8-6-16/h1-4,9,12,16,20H,5-8,10-11H2. The Labute approximate surface area is 145 Å². The smallest absolute Gasteiger partial charge is 0.232 e. The maximum atomic E-state index is 6.05. The molecular weight excluding hydrogens is 316 g/mol. The maximum absolute atomic E-state index is 6.05. The highest BCUT2D eigenvalue weighted by atomic mass is 16.5. The minimum Gasteiger partial charge on any atom is -0.473 e. The summed E-state index contributed by atoms with van der Waals surface area (Å²) >= 11 is 0.